The average Bonchev–Trinajstić information content (AvgIpc) is 3.16. The van der Waals surface area contributed by atoms with Crippen LogP contribution in [-0.2, 0) is 20.9 Å². The van der Waals surface area contributed by atoms with E-state index in [9.17, 15) is 19.2 Å². The normalized spacial score (nSPS) is 31.7. The zero-order chi connectivity index (χ0) is 21.0. The molecule has 9 heteroatoms. The van der Waals surface area contributed by atoms with E-state index in [1.54, 1.807) is 12.1 Å². The quantitative estimate of drug-likeness (QED) is 0.650. The fourth-order valence-electron chi connectivity index (χ4n) is 5.21. The number of likely N-dealkylation sites (tertiary alicyclic amines) is 1. The van der Waals surface area contributed by atoms with E-state index in [0.29, 0.717) is 43.3 Å². The Labute approximate surface area is 173 Å². The Morgan fingerprint density at radius 1 is 1.17 bits per heavy atom. The predicted molar refractivity (Wildman–Crippen MR) is 104 cm³/mol. The van der Waals surface area contributed by atoms with Crippen LogP contribution < -0.4 is 11.1 Å². The number of nitrogens with two attached hydrogens (primary N) is 1. The number of imide groups is 2. The first-order chi connectivity index (χ1) is 14.4. The summed E-state index contributed by atoms with van der Waals surface area (Å²) in [6, 6.07) is 4.27. The third-order valence-electron chi connectivity index (χ3n) is 6.74. The van der Waals surface area contributed by atoms with Crippen LogP contribution in [0.5, 0.6) is 0 Å². The number of hydrogen-bond donors (Lipinski definition) is 2. The molecular formula is C21H24N4O5. The van der Waals surface area contributed by atoms with E-state index in [1.165, 1.54) is 0 Å². The molecule has 4 aliphatic heterocycles. The van der Waals surface area contributed by atoms with Crippen LogP contribution >= 0.6 is 0 Å². The van der Waals surface area contributed by atoms with E-state index in [0.717, 1.165) is 23.4 Å². The van der Waals surface area contributed by atoms with Gasteiger partial charge in [-0.15, -0.1) is 0 Å². The molecule has 0 aromatic heterocycles. The number of nitrogens with one attached hydrogen (secondary N) is 1. The fourth-order valence-corrected chi connectivity index (χ4v) is 5.21. The van der Waals surface area contributed by atoms with Crippen molar-refractivity contribution < 1.29 is 23.9 Å². The molecule has 3 N–H and O–H groups in total. The minimum atomic E-state index is -0.956. The van der Waals surface area contributed by atoms with Gasteiger partial charge in [0.15, 0.2) is 0 Å². The third-order valence-corrected chi connectivity index (χ3v) is 6.74. The number of piperidine rings is 1. The molecule has 4 amide bonds. The highest BCUT2D eigenvalue weighted by Gasteiger charge is 2.48. The molecular weight excluding hydrogens is 388 g/mol. The van der Waals surface area contributed by atoms with E-state index in [-0.39, 0.29) is 24.3 Å². The first-order valence-electron chi connectivity index (χ1n) is 10.3. The first kappa shape index (κ1) is 19.3. The van der Waals surface area contributed by atoms with Crippen LogP contribution in [0.3, 0.4) is 0 Å². The highest BCUT2D eigenvalue weighted by atomic mass is 16.5. The molecule has 0 aliphatic carbocycles. The van der Waals surface area contributed by atoms with E-state index in [1.807, 2.05) is 6.07 Å². The van der Waals surface area contributed by atoms with Gasteiger partial charge >= 0.3 is 0 Å². The minimum Gasteiger partial charge on any atom is -0.379 e. The molecule has 0 radical (unpaired) electrons. The second-order valence-corrected chi connectivity index (χ2v) is 8.73. The lowest BCUT2D eigenvalue weighted by Gasteiger charge is -2.34. The molecule has 4 heterocycles. The summed E-state index contributed by atoms with van der Waals surface area (Å²) >= 11 is 0. The van der Waals surface area contributed by atoms with Gasteiger partial charge < -0.3 is 10.5 Å². The number of hydrogen-bond acceptors (Lipinski definition) is 7. The monoisotopic (exact) mass is 412 g/mol. The predicted octanol–water partition coefficient (Wildman–Crippen LogP) is -0.363. The zero-order valence-electron chi connectivity index (χ0n) is 16.6. The number of carbonyl (C=O) groups excluding carboxylic acids is 4. The van der Waals surface area contributed by atoms with Crippen LogP contribution in [0.1, 0.15) is 45.5 Å². The Morgan fingerprint density at radius 3 is 2.77 bits per heavy atom. The third kappa shape index (κ3) is 2.96. The first-order valence-corrected chi connectivity index (χ1v) is 10.3. The SMILES string of the molecule is NC12COCCC1CN(Cc1cccc3c1C(=O)N(C1CCC(=O)NC1=O)C3=O)C2. The Bertz CT molecular complexity index is 963. The average molecular weight is 412 g/mol. The summed E-state index contributed by atoms with van der Waals surface area (Å²) in [6.07, 6.45) is 1.17. The van der Waals surface area contributed by atoms with Crippen molar-refractivity contribution in [2.24, 2.45) is 11.7 Å². The van der Waals surface area contributed by atoms with Crippen molar-refractivity contribution in [1.82, 2.24) is 15.1 Å². The zero-order valence-corrected chi connectivity index (χ0v) is 16.6. The highest BCUT2D eigenvalue weighted by Crippen LogP contribution is 2.35. The summed E-state index contributed by atoms with van der Waals surface area (Å²) in [5.74, 6) is -1.59. The fraction of sp³-hybridized carbons (Fsp3) is 0.524. The van der Waals surface area contributed by atoms with Crippen molar-refractivity contribution in [3.05, 3.63) is 34.9 Å². The summed E-state index contributed by atoms with van der Waals surface area (Å²) < 4.78 is 5.57. The second kappa shape index (κ2) is 6.97. The minimum absolute atomic E-state index is 0.104. The molecule has 3 saturated heterocycles. The number of fused-ring (bicyclic) bond motifs is 2. The Balaban J connectivity index is 1.40. The lowest BCUT2D eigenvalue weighted by Crippen LogP contribution is -2.54. The summed E-state index contributed by atoms with van der Waals surface area (Å²) in [6.45, 7) is 3.23. The van der Waals surface area contributed by atoms with Gasteiger partial charge in [-0.3, -0.25) is 34.3 Å². The molecule has 30 heavy (non-hydrogen) atoms. The number of amides is 4. The van der Waals surface area contributed by atoms with Gasteiger partial charge in [-0.1, -0.05) is 12.1 Å². The molecule has 3 fully saturated rings. The number of benzene rings is 1. The van der Waals surface area contributed by atoms with Gasteiger partial charge in [-0.25, -0.2) is 0 Å². The van der Waals surface area contributed by atoms with Crippen molar-refractivity contribution in [2.75, 3.05) is 26.3 Å². The van der Waals surface area contributed by atoms with E-state index in [4.69, 9.17) is 10.5 Å². The van der Waals surface area contributed by atoms with Crippen LogP contribution in [0.2, 0.25) is 0 Å². The smallest absolute Gasteiger partial charge is 0.262 e. The van der Waals surface area contributed by atoms with Crippen LogP contribution in [0.25, 0.3) is 0 Å². The van der Waals surface area contributed by atoms with E-state index in [2.05, 4.69) is 10.2 Å². The summed E-state index contributed by atoms with van der Waals surface area (Å²) in [5.41, 5.74) is 7.58. The molecule has 0 spiro atoms. The van der Waals surface area contributed by atoms with Gasteiger partial charge in [-0.2, -0.15) is 0 Å². The molecule has 3 atom stereocenters. The van der Waals surface area contributed by atoms with Crippen molar-refractivity contribution >= 4 is 23.6 Å². The van der Waals surface area contributed by atoms with Crippen molar-refractivity contribution in [2.45, 2.75) is 37.4 Å². The highest BCUT2D eigenvalue weighted by molar-refractivity contribution is 6.24. The lowest BCUT2D eigenvalue weighted by molar-refractivity contribution is -0.136. The van der Waals surface area contributed by atoms with Gasteiger partial charge in [0.1, 0.15) is 6.04 Å². The van der Waals surface area contributed by atoms with Crippen molar-refractivity contribution in [1.29, 1.82) is 0 Å². The van der Waals surface area contributed by atoms with Crippen LogP contribution in [-0.4, -0.2) is 71.3 Å². The Kier molecular flexibility index (Phi) is 4.49. The second-order valence-electron chi connectivity index (χ2n) is 8.73. The molecule has 1 aromatic rings. The Morgan fingerprint density at radius 2 is 2.00 bits per heavy atom. The maximum absolute atomic E-state index is 13.2. The van der Waals surface area contributed by atoms with Gasteiger partial charge in [-0.05, 0) is 30.4 Å². The maximum atomic E-state index is 13.2. The number of carbonyl (C=O) groups is 4. The lowest BCUT2D eigenvalue weighted by atomic mass is 9.85. The van der Waals surface area contributed by atoms with Gasteiger partial charge in [0.05, 0.1) is 23.3 Å². The van der Waals surface area contributed by atoms with E-state index >= 15 is 0 Å². The molecule has 158 valence electrons. The summed E-state index contributed by atoms with van der Waals surface area (Å²) in [5, 5.41) is 2.22. The van der Waals surface area contributed by atoms with Crippen molar-refractivity contribution in [3.8, 4) is 0 Å². The molecule has 1 aromatic carbocycles. The van der Waals surface area contributed by atoms with Gasteiger partial charge in [0.25, 0.3) is 11.8 Å². The molecule has 0 saturated carbocycles. The van der Waals surface area contributed by atoms with Crippen LogP contribution in [0.4, 0.5) is 0 Å². The number of ether oxygens (including phenoxy) is 1. The van der Waals surface area contributed by atoms with Crippen molar-refractivity contribution in [3.63, 3.8) is 0 Å². The molecule has 9 nitrogen and oxygen atoms in total. The molecule has 3 unspecified atom stereocenters. The Hall–Kier alpha value is -2.62. The topological polar surface area (TPSA) is 122 Å². The largest absolute Gasteiger partial charge is 0.379 e. The van der Waals surface area contributed by atoms with Crippen LogP contribution in [0, 0.1) is 5.92 Å². The summed E-state index contributed by atoms with van der Waals surface area (Å²) in [4.78, 5) is 53.1. The molecule has 0 bridgehead atoms. The van der Waals surface area contributed by atoms with Crippen LogP contribution in [0.15, 0.2) is 18.2 Å². The standard InChI is InChI=1S/C21H24N4O5/c22-21-10-24(9-13(21)6-7-30-11-21)8-12-2-1-3-14-17(12)20(29)25(19(14)28)15-4-5-16(26)23-18(15)27/h1-3,13,15H,4-11,22H2,(H,23,26,27). The summed E-state index contributed by atoms with van der Waals surface area (Å²) in [7, 11) is 0. The molecule has 5 rings (SSSR count). The maximum Gasteiger partial charge on any atom is 0.262 e. The molecule has 4 aliphatic rings. The number of rotatable bonds is 3. The van der Waals surface area contributed by atoms with E-state index < -0.39 is 23.8 Å². The van der Waals surface area contributed by atoms with Gasteiger partial charge in [0.2, 0.25) is 11.8 Å². The van der Waals surface area contributed by atoms with Gasteiger partial charge in [0, 0.05) is 32.7 Å². The number of nitrogens with zero attached hydrogens (tertiary/aromatic N) is 2.